The van der Waals surface area contributed by atoms with Crippen molar-refractivity contribution in [1.82, 2.24) is 5.32 Å². The van der Waals surface area contributed by atoms with E-state index >= 15 is 0 Å². The lowest BCUT2D eigenvalue weighted by Gasteiger charge is -2.20. The van der Waals surface area contributed by atoms with E-state index in [0.717, 1.165) is 13.2 Å². The van der Waals surface area contributed by atoms with Crippen molar-refractivity contribution in [2.75, 3.05) is 20.3 Å². The minimum atomic E-state index is -4.54. The van der Waals surface area contributed by atoms with Crippen LogP contribution in [0.3, 0.4) is 0 Å². The highest BCUT2D eigenvalue weighted by atomic mass is 19.4. The second kappa shape index (κ2) is 7.65. The van der Waals surface area contributed by atoms with Gasteiger partial charge in [0.15, 0.2) is 0 Å². The predicted molar refractivity (Wildman–Crippen MR) is 78.0 cm³/mol. The van der Waals surface area contributed by atoms with Gasteiger partial charge >= 0.3 is 12.1 Å². The summed E-state index contributed by atoms with van der Waals surface area (Å²) in [7, 11) is 1.12. The van der Waals surface area contributed by atoms with Crippen molar-refractivity contribution < 1.29 is 32.2 Å². The van der Waals surface area contributed by atoms with Gasteiger partial charge in [0.2, 0.25) is 5.91 Å². The number of carbonyl (C=O) groups excluding carboxylic acids is 2. The molecule has 1 saturated heterocycles. The van der Waals surface area contributed by atoms with Crippen molar-refractivity contribution in [3.63, 3.8) is 0 Å². The molecule has 1 aliphatic heterocycles. The monoisotopic (exact) mass is 345 g/mol. The van der Waals surface area contributed by atoms with Crippen molar-refractivity contribution in [3.8, 4) is 0 Å². The van der Waals surface area contributed by atoms with Gasteiger partial charge in [-0.05, 0) is 18.1 Å². The van der Waals surface area contributed by atoms with E-state index in [1.807, 2.05) is 0 Å². The van der Waals surface area contributed by atoms with Gasteiger partial charge in [-0.2, -0.15) is 13.2 Å². The minimum Gasteiger partial charge on any atom is -0.467 e. The number of amides is 1. The first-order chi connectivity index (χ1) is 11.3. The molecule has 1 aliphatic rings. The summed E-state index contributed by atoms with van der Waals surface area (Å²) in [5.74, 6) is -1.62. The largest absolute Gasteiger partial charge is 0.467 e. The summed E-state index contributed by atoms with van der Waals surface area (Å²) in [4.78, 5) is 24.0. The van der Waals surface area contributed by atoms with Gasteiger partial charge in [-0.15, -0.1) is 0 Å². The van der Waals surface area contributed by atoms with E-state index < -0.39 is 35.6 Å². The van der Waals surface area contributed by atoms with E-state index in [9.17, 15) is 22.8 Å². The van der Waals surface area contributed by atoms with Gasteiger partial charge < -0.3 is 14.8 Å². The molecule has 1 N–H and O–H groups in total. The molecule has 1 aromatic rings. The number of esters is 1. The number of benzene rings is 1. The number of halogens is 3. The molecule has 0 unspecified atom stereocenters. The maximum absolute atomic E-state index is 13.1. The van der Waals surface area contributed by atoms with Gasteiger partial charge in [0.05, 0.1) is 25.2 Å². The summed E-state index contributed by atoms with van der Waals surface area (Å²) in [5, 5.41) is 2.48. The summed E-state index contributed by atoms with van der Waals surface area (Å²) in [6, 6.07) is 3.76. The zero-order chi connectivity index (χ0) is 17.7. The van der Waals surface area contributed by atoms with Crippen LogP contribution in [-0.2, 0) is 31.7 Å². The molecule has 1 amide bonds. The summed E-state index contributed by atoms with van der Waals surface area (Å²) in [6.45, 7) is 0.677. The van der Waals surface area contributed by atoms with Gasteiger partial charge in [-0.1, -0.05) is 18.2 Å². The fourth-order valence-corrected chi connectivity index (χ4v) is 2.56. The second-order valence-electron chi connectivity index (χ2n) is 5.50. The van der Waals surface area contributed by atoms with Crippen LogP contribution in [0.5, 0.6) is 0 Å². The molecule has 8 heteroatoms. The Balaban J connectivity index is 2.18. The number of hydrogen-bond acceptors (Lipinski definition) is 4. The third-order valence-electron chi connectivity index (χ3n) is 3.85. The van der Waals surface area contributed by atoms with Crippen molar-refractivity contribution in [2.24, 2.45) is 5.92 Å². The highest BCUT2D eigenvalue weighted by Crippen LogP contribution is 2.32. The van der Waals surface area contributed by atoms with Crippen molar-refractivity contribution in [2.45, 2.75) is 25.1 Å². The first-order valence-corrected chi connectivity index (χ1v) is 7.44. The highest BCUT2D eigenvalue weighted by molar-refractivity contribution is 5.86. The fourth-order valence-electron chi connectivity index (χ4n) is 2.56. The molecule has 0 aromatic heterocycles. The molecule has 5 nitrogen and oxygen atoms in total. The smallest absolute Gasteiger partial charge is 0.416 e. The number of rotatable bonds is 5. The van der Waals surface area contributed by atoms with Gasteiger partial charge in [0, 0.05) is 13.0 Å². The minimum absolute atomic E-state index is 0.0802. The Hall–Kier alpha value is -2.09. The number of methoxy groups -OCH3 is 1. The summed E-state index contributed by atoms with van der Waals surface area (Å²) in [6.07, 6.45) is -4.33. The van der Waals surface area contributed by atoms with Gasteiger partial charge in [-0.25, -0.2) is 4.79 Å². The number of nitrogens with one attached hydrogen (secondary N) is 1. The molecule has 1 fully saturated rings. The lowest BCUT2D eigenvalue weighted by Crippen LogP contribution is -2.45. The van der Waals surface area contributed by atoms with E-state index in [2.05, 4.69) is 10.1 Å². The first kappa shape index (κ1) is 18.3. The molecule has 0 saturated carbocycles. The molecule has 0 spiro atoms. The van der Waals surface area contributed by atoms with Crippen LogP contribution < -0.4 is 5.32 Å². The average molecular weight is 345 g/mol. The maximum atomic E-state index is 13.1. The highest BCUT2D eigenvalue weighted by Gasteiger charge is 2.35. The SMILES string of the molecule is COC(=O)[C@H](Cc1ccccc1C(F)(F)F)NC(=O)[C@@H]1CCOC1. The molecule has 0 bridgehead atoms. The molecule has 2 atom stereocenters. The Morgan fingerprint density at radius 3 is 2.67 bits per heavy atom. The Kier molecular flexibility index (Phi) is 5.82. The Morgan fingerprint density at radius 2 is 2.08 bits per heavy atom. The van der Waals surface area contributed by atoms with E-state index in [0.29, 0.717) is 13.0 Å². The second-order valence-corrected chi connectivity index (χ2v) is 5.50. The molecule has 1 aromatic carbocycles. The van der Waals surface area contributed by atoms with E-state index in [1.165, 1.54) is 18.2 Å². The van der Waals surface area contributed by atoms with Gasteiger partial charge in [0.1, 0.15) is 6.04 Å². The molecule has 0 aliphatic carbocycles. The van der Waals surface area contributed by atoms with Gasteiger partial charge in [0.25, 0.3) is 0 Å². The lowest BCUT2D eigenvalue weighted by atomic mass is 9.99. The van der Waals surface area contributed by atoms with Crippen LogP contribution in [0, 0.1) is 5.92 Å². The quantitative estimate of drug-likeness (QED) is 0.829. The van der Waals surface area contributed by atoms with Crippen LogP contribution in [0.2, 0.25) is 0 Å². The number of carbonyl (C=O) groups is 2. The topological polar surface area (TPSA) is 64.6 Å². The third kappa shape index (κ3) is 4.47. The zero-order valence-electron chi connectivity index (χ0n) is 13.1. The van der Waals surface area contributed by atoms with Crippen LogP contribution in [0.1, 0.15) is 17.5 Å². The summed E-state index contributed by atoms with van der Waals surface area (Å²) in [5.41, 5.74) is -0.916. The van der Waals surface area contributed by atoms with Crippen LogP contribution >= 0.6 is 0 Å². The fraction of sp³-hybridized carbons (Fsp3) is 0.500. The van der Waals surface area contributed by atoms with Gasteiger partial charge in [-0.3, -0.25) is 4.79 Å². The Bertz CT molecular complexity index is 597. The van der Waals surface area contributed by atoms with E-state index in [4.69, 9.17) is 4.74 Å². The number of ether oxygens (including phenoxy) is 2. The van der Waals surface area contributed by atoms with E-state index in [1.54, 1.807) is 0 Å². The zero-order valence-corrected chi connectivity index (χ0v) is 13.1. The molecule has 132 valence electrons. The molecular formula is C16H18F3NO4. The molecular weight excluding hydrogens is 327 g/mol. The Morgan fingerprint density at radius 1 is 1.38 bits per heavy atom. The molecule has 24 heavy (non-hydrogen) atoms. The summed E-state index contributed by atoms with van der Waals surface area (Å²) >= 11 is 0. The lowest BCUT2D eigenvalue weighted by molar-refractivity contribution is -0.146. The van der Waals surface area contributed by atoms with Crippen molar-refractivity contribution in [1.29, 1.82) is 0 Å². The first-order valence-electron chi connectivity index (χ1n) is 7.44. The van der Waals surface area contributed by atoms with Crippen LogP contribution in [0.4, 0.5) is 13.2 Å². The predicted octanol–water partition coefficient (Wildman–Crippen LogP) is 1.94. The van der Waals surface area contributed by atoms with E-state index in [-0.39, 0.29) is 18.6 Å². The van der Waals surface area contributed by atoms with Crippen LogP contribution in [0.25, 0.3) is 0 Å². The van der Waals surface area contributed by atoms with Crippen LogP contribution in [-0.4, -0.2) is 38.2 Å². The molecule has 2 rings (SSSR count). The van der Waals surface area contributed by atoms with Crippen LogP contribution in [0.15, 0.2) is 24.3 Å². The number of hydrogen-bond donors (Lipinski definition) is 1. The molecule has 1 heterocycles. The number of alkyl halides is 3. The van der Waals surface area contributed by atoms with Crippen molar-refractivity contribution in [3.05, 3.63) is 35.4 Å². The average Bonchev–Trinajstić information content (AvgIpc) is 3.07. The summed E-state index contributed by atoms with van der Waals surface area (Å²) < 4.78 is 48.9. The maximum Gasteiger partial charge on any atom is 0.416 e. The standard InChI is InChI=1S/C16H18F3NO4/c1-23-15(22)13(20-14(21)11-6-7-24-9-11)8-10-4-2-3-5-12(10)16(17,18)19/h2-5,11,13H,6-9H2,1H3,(H,20,21)/t11-,13+/m1/s1. The van der Waals surface area contributed by atoms with Crippen molar-refractivity contribution >= 4 is 11.9 Å². The molecule has 0 radical (unpaired) electrons. The normalized spacial score (nSPS) is 18.9. The third-order valence-corrected chi connectivity index (χ3v) is 3.85. The Labute approximate surface area is 137 Å².